The molecule has 0 aromatic carbocycles. The maximum absolute atomic E-state index is 3.76. The van der Waals surface area contributed by atoms with Gasteiger partial charge in [0.15, 0.2) is 0 Å². The molecular formula is C16H26BrNS. The van der Waals surface area contributed by atoms with Crippen molar-refractivity contribution in [2.24, 2.45) is 11.3 Å². The molecule has 1 nitrogen and oxygen atoms in total. The Kier molecular flexibility index (Phi) is 5.13. The first-order valence-corrected chi connectivity index (χ1v) is 9.06. The molecule has 1 aliphatic carbocycles. The molecule has 19 heavy (non-hydrogen) atoms. The van der Waals surface area contributed by atoms with Crippen LogP contribution in [0.15, 0.2) is 10.5 Å². The molecule has 2 rings (SSSR count). The predicted molar refractivity (Wildman–Crippen MR) is 88.9 cm³/mol. The Morgan fingerprint density at radius 1 is 1.47 bits per heavy atom. The lowest BCUT2D eigenvalue weighted by molar-refractivity contribution is 0.0999. The number of nitrogens with one attached hydrogen (secondary N) is 1. The largest absolute Gasteiger partial charge is 0.309 e. The highest BCUT2D eigenvalue weighted by atomic mass is 79.9. The third-order valence-corrected chi connectivity index (χ3v) is 6.59. The molecule has 1 fully saturated rings. The fourth-order valence-corrected chi connectivity index (χ4v) is 5.53. The number of rotatable bonds is 4. The van der Waals surface area contributed by atoms with Crippen LogP contribution in [0.3, 0.4) is 0 Å². The quantitative estimate of drug-likeness (QED) is 0.740. The van der Waals surface area contributed by atoms with Crippen LogP contribution in [0.2, 0.25) is 0 Å². The zero-order valence-corrected chi connectivity index (χ0v) is 15.0. The molecule has 1 aromatic heterocycles. The number of hydrogen-bond donors (Lipinski definition) is 1. The van der Waals surface area contributed by atoms with Gasteiger partial charge in [-0.1, -0.05) is 33.6 Å². The number of hydrogen-bond acceptors (Lipinski definition) is 2. The summed E-state index contributed by atoms with van der Waals surface area (Å²) in [5.74, 6) is 0.746. The van der Waals surface area contributed by atoms with Crippen molar-refractivity contribution in [3.8, 4) is 0 Å². The van der Waals surface area contributed by atoms with Gasteiger partial charge in [0.2, 0.25) is 0 Å². The van der Waals surface area contributed by atoms with Gasteiger partial charge in [-0.3, -0.25) is 0 Å². The molecule has 108 valence electrons. The van der Waals surface area contributed by atoms with Crippen molar-refractivity contribution in [2.45, 2.75) is 59.4 Å². The van der Waals surface area contributed by atoms with Gasteiger partial charge < -0.3 is 5.32 Å². The third-order valence-electron chi connectivity index (χ3n) is 4.54. The van der Waals surface area contributed by atoms with E-state index in [0.29, 0.717) is 11.5 Å². The van der Waals surface area contributed by atoms with E-state index in [2.05, 4.69) is 55.0 Å². The van der Waals surface area contributed by atoms with Crippen molar-refractivity contribution in [3.63, 3.8) is 0 Å². The van der Waals surface area contributed by atoms with Crippen LogP contribution in [0.4, 0.5) is 0 Å². The van der Waals surface area contributed by atoms with Gasteiger partial charge in [-0.05, 0) is 59.6 Å². The third kappa shape index (κ3) is 3.43. The van der Waals surface area contributed by atoms with E-state index in [0.717, 1.165) is 12.5 Å². The predicted octanol–water partition coefficient (Wildman–Crippen LogP) is 5.69. The van der Waals surface area contributed by atoms with Crippen molar-refractivity contribution in [2.75, 3.05) is 6.54 Å². The van der Waals surface area contributed by atoms with Crippen LogP contribution < -0.4 is 5.32 Å². The molecule has 2 atom stereocenters. The lowest BCUT2D eigenvalue weighted by atomic mass is 9.65. The SMILES string of the molecule is CCNC(c1sc(C)cc1Br)C1CCCCC1(C)C. The normalized spacial score (nSPS) is 24.4. The smallest absolute Gasteiger partial charge is 0.0460 e. The number of halogens is 1. The second kappa shape index (κ2) is 6.28. The van der Waals surface area contributed by atoms with Gasteiger partial charge >= 0.3 is 0 Å². The van der Waals surface area contributed by atoms with Gasteiger partial charge in [0.05, 0.1) is 0 Å². The van der Waals surface area contributed by atoms with E-state index in [1.54, 1.807) is 0 Å². The Bertz CT molecular complexity index is 424. The van der Waals surface area contributed by atoms with Crippen LogP contribution in [0.25, 0.3) is 0 Å². The Morgan fingerprint density at radius 3 is 2.74 bits per heavy atom. The van der Waals surface area contributed by atoms with Gasteiger partial charge in [0, 0.05) is 20.3 Å². The summed E-state index contributed by atoms with van der Waals surface area (Å²) in [6.07, 6.45) is 5.50. The monoisotopic (exact) mass is 343 g/mol. The molecule has 0 radical (unpaired) electrons. The Labute approximate surface area is 130 Å². The molecule has 0 aliphatic heterocycles. The molecule has 0 spiro atoms. The Balaban J connectivity index is 2.31. The maximum atomic E-state index is 3.76. The van der Waals surface area contributed by atoms with E-state index in [1.165, 1.54) is 39.9 Å². The van der Waals surface area contributed by atoms with Crippen LogP contribution in [-0.4, -0.2) is 6.54 Å². The summed E-state index contributed by atoms with van der Waals surface area (Å²) >= 11 is 5.71. The first kappa shape index (κ1) is 15.5. The zero-order chi connectivity index (χ0) is 14.0. The van der Waals surface area contributed by atoms with Crippen molar-refractivity contribution >= 4 is 27.3 Å². The second-order valence-corrected chi connectivity index (χ2v) is 8.59. The molecule has 1 heterocycles. The van der Waals surface area contributed by atoms with Crippen LogP contribution in [-0.2, 0) is 0 Å². The molecule has 0 bridgehead atoms. The van der Waals surface area contributed by atoms with E-state index in [9.17, 15) is 0 Å². The van der Waals surface area contributed by atoms with Crippen LogP contribution in [0, 0.1) is 18.3 Å². The minimum Gasteiger partial charge on any atom is -0.309 e. The van der Waals surface area contributed by atoms with E-state index < -0.39 is 0 Å². The van der Waals surface area contributed by atoms with E-state index in [1.807, 2.05) is 11.3 Å². The summed E-state index contributed by atoms with van der Waals surface area (Å²) in [7, 11) is 0. The molecule has 0 amide bonds. The van der Waals surface area contributed by atoms with Gasteiger partial charge in [0.1, 0.15) is 0 Å². The summed E-state index contributed by atoms with van der Waals surface area (Å²) in [6.45, 7) is 10.4. The molecule has 1 aliphatic rings. The van der Waals surface area contributed by atoms with Crippen molar-refractivity contribution in [3.05, 3.63) is 20.3 Å². The average molecular weight is 344 g/mol. The lowest BCUT2D eigenvalue weighted by Crippen LogP contribution is -2.38. The summed E-state index contributed by atoms with van der Waals surface area (Å²) in [5.41, 5.74) is 0.447. The van der Waals surface area contributed by atoms with Crippen LogP contribution in [0.1, 0.15) is 62.3 Å². The van der Waals surface area contributed by atoms with Crippen LogP contribution in [0.5, 0.6) is 0 Å². The fraction of sp³-hybridized carbons (Fsp3) is 0.750. The molecule has 1 N–H and O–H groups in total. The molecule has 0 saturated heterocycles. The highest BCUT2D eigenvalue weighted by Crippen LogP contribution is 2.49. The average Bonchev–Trinajstić information content (AvgIpc) is 2.65. The molecule has 2 unspecified atom stereocenters. The van der Waals surface area contributed by atoms with Gasteiger partial charge in [-0.15, -0.1) is 11.3 Å². The topological polar surface area (TPSA) is 12.0 Å². The number of aryl methyl sites for hydroxylation is 1. The van der Waals surface area contributed by atoms with E-state index >= 15 is 0 Å². The standard InChI is InChI=1S/C16H26BrNS/c1-5-18-14(15-13(17)10-11(2)19-15)12-8-6-7-9-16(12,3)4/h10,12,14,18H,5-9H2,1-4H3. The van der Waals surface area contributed by atoms with Crippen molar-refractivity contribution in [1.29, 1.82) is 0 Å². The minimum absolute atomic E-state index is 0.447. The van der Waals surface area contributed by atoms with Gasteiger partial charge in [-0.25, -0.2) is 0 Å². The highest BCUT2D eigenvalue weighted by molar-refractivity contribution is 9.10. The maximum Gasteiger partial charge on any atom is 0.0460 e. The Morgan fingerprint density at radius 2 is 2.21 bits per heavy atom. The van der Waals surface area contributed by atoms with E-state index in [-0.39, 0.29) is 0 Å². The van der Waals surface area contributed by atoms with Crippen molar-refractivity contribution in [1.82, 2.24) is 5.32 Å². The summed E-state index contributed by atoms with van der Waals surface area (Å²) in [6, 6.07) is 2.77. The summed E-state index contributed by atoms with van der Waals surface area (Å²) in [5, 5.41) is 3.76. The Hall–Kier alpha value is 0.140. The van der Waals surface area contributed by atoms with Gasteiger partial charge in [-0.2, -0.15) is 0 Å². The fourth-order valence-electron chi connectivity index (χ4n) is 3.49. The van der Waals surface area contributed by atoms with Crippen molar-refractivity contribution < 1.29 is 0 Å². The first-order chi connectivity index (χ1) is 8.95. The minimum atomic E-state index is 0.447. The second-order valence-electron chi connectivity index (χ2n) is 6.45. The zero-order valence-electron chi connectivity index (χ0n) is 12.6. The molecular weight excluding hydrogens is 318 g/mol. The molecule has 1 aromatic rings. The highest BCUT2D eigenvalue weighted by Gasteiger charge is 2.39. The summed E-state index contributed by atoms with van der Waals surface area (Å²) < 4.78 is 1.29. The van der Waals surface area contributed by atoms with Gasteiger partial charge in [0.25, 0.3) is 0 Å². The molecule has 3 heteroatoms. The molecule has 1 saturated carbocycles. The van der Waals surface area contributed by atoms with E-state index in [4.69, 9.17) is 0 Å². The lowest BCUT2D eigenvalue weighted by Gasteiger charge is -2.43. The number of thiophene rings is 1. The first-order valence-electron chi connectivity index (χ1n) is 7.45. The summed E-state index contributed by atoms with van der Waals surface area (Å²) in [4.78, 5) is 2.90. The van der Waals surface area contributed by atoms with Crippen LogP contribution >= 0.6 is 27.3 Å².